The van der Waals surface area contributed by atoms with E-state index in [4.69, 9.17) is 18.5 Å². The summed E-state index contributed by atoms with van der Waals surface area (Å²) < 4.78 is 35.3. The van der Waals surface area contributed by atoms with E-state index in [1.165, 1.54) is 244 Å². The molecule has 0 rings (SSSR count). The van der Waals surface area contributed by atoms with Crippen LogP contribution in [0.15, 0.2) is 12.2 Å². The van der Waals surface area contributed by atoms with Gasteiger partial charge >= 0.3 is 13.8 Å². The Kier molecular flexibility index (Phi) is 51.0. The minimum atomic E-state index is -4.28. The van der Waals surface area contributed by atoms with Gasteiger partial charge in [0.2, 0.25) is 0 Å². The Morgan fingerprint density at radius 2 is 0.776 bits per heavy atom. The summed E-state index contributed by atoms with van der Waals surface area (Å²) >= 11 is 0. The lowest BCUT2D eigenvalue weighted by atomic mass is 10.0. The molecule has 0 amide bonds. The standard InChI is InChI=1S/C58H116NO7P/c1-6-8-10-12-14-16-18-20-22-24-26-27-28-29-30-31-32-34-36-38-40-42-44-46-48-50-53-63-55-57(56-65-67(61,62)64-54-52-59(3,4)5)66-58(60)51-49-47-45-43-41-39-37-35-33-25-23-21-19-17-15-13-11-9-7-2/h21,23,57H,6-20,22,24-56H2,1-5H3/p+1/b23-21-. The summed E-state index contributed by atoms with van der Waals surface area (Å²) in [7, 11) is 1.69. The van der Waals surface area contributed by atoms with E-state index in [-0.39, 0.29) is 25.8 Å². The van der Waals surface area contributed by atoms with Crippen molar-refractivity contribution in [2.75, 3.05) is 54.1 Å². The minimum absolute atomic E-state index is 0.0921. The molecule has 0 radical (unpaired) electrons. The van der Waals surface area contributed by atoms with Gasteiger partial charge in [-0.3, -0.25) is 13.8 Å². The summed E-state index contributed by atoms with van der Waals surface area (Å²) in [5, 5.41) is 0. The van der Waals surface area contributed by atoms with E-state index in [9.17, 15) is 14.3 Å². The Hall–Kier alpha value is -0.760. The fraction of sp³-hybridized carbons (Fsp3) is 0.948. The van der Waals surface area contributed by atoms with Gasteiger partial charge in [-0.2, -0.15) is 0 Å². The lowest BCUT2D eigenvalue weighted by molar-refractivity contribution is -0.870. The van der Waals surface area contributed by atoms with E-state index >= 15 is 0 Å². The SMILES string of the molecule is CCCCCCCC/C=C\CCCCCCCCCCCC(=O)OC(COCCCCCCCCCCCCCCCCCCCCCCCCCCCC)COP(=O)(O)OCC[N+](C)(C)C. The lowest BCUT2D eigenvalue weighted by Crippen LogP contribution is -2.37. The van der Waals surface area contributed by atoms with Crippen molar-refractivity contribution in [1.29, 1.82) is 0 Å². The first kappa shape index (κ1) is 66.2. The van der Waals surface area contributed by atoms with Gasteiger partial charge in [-0.05, 0) is 38.5 Å². The van der Waals surface area contributed by atoms with E-state index in [2.05, 4.69) is 26.0 Å². The zero-order chi connectivity index (χ0) is 49.0. The predicted molar refractivity (Wildman–Crippen MR) is 289 cm³/mol. The Morgan fingerprint density at radius 3 is 1.13 bits per heavy atom. The zero-order valence-corrected chi connectivity index (χ0v) is 46.6. The number of phosphoric acid groups is 1. The van der Waals surface area contributed by atoms with Crippen LogP contribution in [0.25, 0.3) is 0 Å². The summed E-state index contributed by atoms with van der Waals surface area (Å²) in [5.41, 5.74) is 0. The highest BCUT2D eigenvalue weighted by Gasteiger charge is 2.26. The van der Waals surface area contributed by atoms with Crippen LogP contribution in [0.2, 0.25) is 0 Å². The summed E-state index contributed by atoms with van der Waals surface area (Å²) in [5.74, 6) is -0.308. The van der Waals surface area contributed by atoms with Gasteiger partial charge in [-0.15, -0.1) is 0 Å². The molecule has 0 bridgehead atoms. The molecule has 0 saturated heterocycles. The highest BCUT2D eigenvalue weighted by molar-refractivity contribution is 7.47. The van der Waals surface area contributed by atoms with Gasteiger partial charge in [0.15, 0.2) is 0 Å². The van der Waals surface area contributed by atoms with Crippen LogP contribution in [0, 0.1) is 0 Å². The van der Waals surface area contributed by atoms with E-state index in [1.807, 2.05) is 21.1 Å². The van der Waals surface area contributed by atoms with Gasteiger partial charge in [-0.1, -0.05) is 264 Å². The van der Waals surface area contributed by atoms with Crippen molar-refractivity contribution in [2.45, 2.75) is 302 Å². The maximum Gasteiger partial charge on any atom is 0.472 e. The molecule has 67 heavy (non-hydrogen) atoms. The van der Waals surface area contributed by atoms with Gasteiger partial charge in [0.05, 0.1) is 34.4 Å². The Morgan fingerprint density at radius 1 is 0.448 bits per heavy atom. The van der Waals surface area contributed by atoms with Crippen molar-refractivity contribution in [2.24, 2.45) is 0 Å². The van der Waals surface area contributed by atoms with E-state index in [0.717, 1.165) is 32.1 Å². The molecule has 9 heteroatoms. The monoisotopic (exact) mass is 971 g/mol. The number of carbonyl (C=O) groups excluding carboxylic acids is 1. The summed E-state index contributed by atoms with van der Waals surface area (Å²) in [4.78, 5) is 23.1. The predicted octanol–water partition coefficient (Wildman–Crippen LogP) is 18.5. The number of likely N-dealkylation sites (N-methyl/N-ethyl adjacent to an activating group) is 1. The first-order chi connectivity index (χ1) is 32.6. The average molecular weight is 972 g/mol. The summed E-state index contributed by atoms with van der Waals surface area (Å²) in [6.07, 6.45) is 61.4. The molecule has 0 aliphatic carbocycles. The summed E-state index contributed by atoms with van der Waals surface area (Å²) in [6.45, 7) is 5.70. The first-order valence-corrected chi connectivity index (χ1v) is 30.9. The smallest absolute Gasteiger partial charge is 0.457 e. The molecule has 0 aromatic carbocycles. The number of phosphoric ester groups is 1. The summed E-state index contributed by atoms with van der Waals surface area (Å²) in [6, 6.07) is 0. The molecule has 2 unspecified atom stereocenters. The Bertz CT molecular complexity index is 1080. The van der Waals surface area contributed by atoms with Crippen LogP contribution < -0.4 is 0 Å². The molecule has 1 N–H and O–H groups in total. The third-order valence-corrected chi connectivity index (χ3v) is 14.3. The number of allylic oxidation sites excluding steroid dienone is 2. The highest BCUT2D eigenvalue weighted by atomic mass is 31.2. The Labute approximate surface area is 418 Å². The van der Waals surface area contributed by atoms with Gasteiger partial charge < -0.3 is 18.9 Å². The number of hydrogen-bond donors (Lipinski definition) is 1. The van der Waals surface area contributed by atoms with Crippen LogP contribution in [-0.2, 0) is 27.9 Å². The Balaban J connectivity index is 3.99. The molecular weight excluding hydrogens is 854 g/mol. The number of rotatable bonds is 56. The molecule has 400 valence electrons. The topological polar surface area (TPSA) is 91.3 Å². The largest absolute Gasteiger partial charge is 0.472 e. The minimum Gasteiger partial charge on any atom is -0.457 e. The van der Waals surface area contributed by atoms with Gasteiger partial charge in [0.1, 0.15) is 19.3 Å². The first-order valence-electron chi connectivity index (χ1n) is 29.4. The molecule has 0 saturated carbocycles. The molecule has 0 spiro atoms. The number of esters is 1. The molecule has 0 heterocycles. The van der Waals surface area contributed by atoms with Crippen LogP contribution in [0.4, 0.5) is 0 Å². The average Bonchev–Trinajstić information content (AvgIpc) is 3.29. The molecule has 0 fully saturated rings. The van der Waals surface area contributed by atoms with Gasteiger partial charge in [0.25, 0.3) is 0 Å². The normalized spacial score (nSPS) is 13.5. The van der Waals surface area contributed by atoms with Crippen molar-refractivity contribution >= 4 is 13.8 Å². The molecule has 8 nitrogen and oxygen atoms in total. The maximum atomic E-state index is 12.8. The molecule has 0 aliphatic heterocycles. The number of unbranched alkanes of at least 4 members (excludes halogenated alkanes) is 40. The quantitative estimate of drug-likeness (QED) is 0.0213. The van der Waals surface area contributed by atoms with Crippen LogP contribution >= 0.6 is 7.82 Å². The molecule has 0 aromatic rings. The van der Waals surface area contributed by atoms with Crippen LogP contribution in [0.1, 0.15) is 296 Å². The van der Waals surface area contributed by atoms with E-state index in [0.29, 0.717) is 24.1 Å². The lowest BCUT2D eigenvalue weighted by Gasteiger charge is -2.24. The second-order valence-corrected chi connectivity index (χ2v) is 22.8. The van der Waals surface area contributed by atoms with Crippen molar-refractivity contribution < 1.29 is 37.3 Å². The van der Waals surface area contributed by atoms with Crippen molar-refractivity contribution in [3.8, 4) is 0 Å². The molecule has 2 atom stereocenters. The van der Waals surface area contributed by atoms with Crippen LogP contribution in [0.3, 0.4) is 0 Å². The van der Waals surface area contributed by atoms with E-state index in [1.54, 1.807) is 0 Å². The number of ether oxygens (including phenoxy) is 2. The zero-order valence-electron chi connectivity index (χ0n) is 45.7. The van der Waals surface area contributed by atoms with Gasteiger partial charge in [0, 0.05) is 13.0 Å². The third kappa shape index (κ3) is 56.0. The number of quaternary nitrogens is 1. The van der Waals surface area contributed by atoms with Crippen molar-refractivity contribution in [3.05, 3.63) is 12.2 Å². The van der Waals surface area contributed by atoms with Gasteiger partial charge in [-0.25, -0.2) is 4.57 Å². The molecule has 0 aliphatic rings. The fourth-order valence-corrected chi connectivity index (χ4v) is 9.53. The number of hydrogen-bond acceptors (Lipinski definition) is 6. The fourth-order valence-electron chi connectivity index (χ4n) is 8.79. The second kappa shape index (κ2) is 51.6. The van der Waals surface area contributed by atoms with Crippen LogP contribution in [-0.4, -0.2) is 75.6 Å². The van der Waals surface area contributed by atoms with Crippen molar-refractivity contribution in [1.82, 2.24) is 0 Å². The van der Waals surface area contributed by atoms with Crippen LogP contribution in [0.5, 0.6) is 0 Å². The highest BCUT2D eigenvalue weighted by Crippen LogP contribution is 2.43. The molecular formula is C58H117NO7P+. The van der Waals surface area contributed by atoms with E-state index < -0.39 is 13.9 Å². The maximum absolute atomic E-state index is 12.8. The van der Waals surface area contributed by atoms with Crippen molar-refractivity contribution in [3.63, 3.8) is 0 Å². The number of nitrogens with zero attached hydrogens (tertiary/aromatic N) is 1. The number of carbonyl (C=O) groups is 1. The second-order valence-electron chi connectivity index (χ2n) is 21.4. The third-order valence-electron chi connectivity index (χ3n) is 13.3. The molecule has 0 aromatic heterocycles.